The molecule has 0 atom stereocenters. The predicted molar refractivity (Wildman–Crippen MR) is 112 cm³/mol. The van der Waals surface area contributed by atoms with E-state index in [9.17, 15) is 9.18 Å². The monoisotopic (exact) mass is 391 g/mol. The summed E-state index contributed by atoms with van der Waals surface area (Å²) in [5.41, 5.74) is 1.77. The first kappa shape index (κ1) is 18.9. The van der Waals surface area contributed by atoms with Crippen LogP contribution >= 0.6 is 0 Å². The number of anilines is 3. The third-order valence-electron chi connectivity index (χ3n) is 4.98. The van der Waals surface area contributed by atoms with Gasteiger partial charge in [-0.05, 0) is 48.9 Å². The summed E-state index contributed by atoms with van der Waals surface area (Å²) in [6.45, 7) is 5.25. The smallest absolute Gasteiger partial charge is 0.259 e. The molecule has 1 aromatic carbocycles. The van der Waals surface area contributed by atoms with Crippen LogP contribution in [0.1, 0.15) is 15.9 Å². The van der Waals surface area contributed by atoms with Crippen molar-refractivity contribution in [3.8, 4) is 0 Å². The number of pyridine rings is 2. The number of halogens is 1. The van der Waals surface area contributed by atoms with Gasteiger partial charge in [-0.15, -0.1) is 0 Å². The molecule has 0 aliphatic carbocycles. The number of rotatable bonds is 4. The topological polar surface area (TPSA) is 61.4 Å². The first-order valence-corrected chi connectivity index (χ1v) is 9.54. The molecule has 3 aromatic rings. The number of amides is 1. The van der Waals surface area contributed by atoms with Gasteiger partial charge < -0.3 is 15.1 Å². The number of carbonyl (C=O) groups excluding carboxylic acids is 1. The van der Waals surface area contributed by atoms with Crippen LogP contribution in [0.2, 0.25) is 0 Å². The van der Waals surface area contributed by atoms with Gasteiger partial charge in [-0.2, -0.15) is 0 Å². The summed E-state index contributed by atoms with van der Waals surface area (Å²) >= 11 is 0. The Kier molecular flexibility index (Phi) is 5.37. The molecule has 1 amide bonds. The second kappa shape index (κ2) is 8.26. The summed E-state index contributed by atoms with van der Waals surface area (Å²) in [4.78, 5) is 25.5. The Morgan fingerprint density at radius 2 is 1.79 bits per heavy atom. The maximum atomic E-state index is 14.0. The van der Waals surface area contributed by atoms with E-state index in [0.717, 1.165) is 43.2 Å². The minimum Gasteiger partial charge on any atom is -0.367 e. The van der Waals surface area contributed by atoms with Crippen molar-refractivity contribution in [1.82, 2.24) is 9.97 Å². The zero-order valence-electron chi connectivity index (χ0n) is 16.2. The minimum atomic E-state index is -0.537. The summed E-state index contributed by atoms with van der Waals surface area (Å²) in [7, 11) is 0. The van der Waals surface area contributed by atoms with Crippen molar-refractivity contribution >= 4 is 23.2 Å². The van der Waals surface area contributed by atoms with Crippen molar-refractivity contribution in [2.45, 2.75) is 6.92 Å². The fourth-order valence-electron chi connectivity index (χ4n) is 3.37. The van der Waals surface area contributed by atoms with Crippen molar-refractivity contribution < 1.29 is 9.18 Å². The van der Waals surface area contributed by atoms with Crippen molar-refractivity contribution in [2.24, 2.45) is 0 Å². The van der Waals surface area contributed by atoms with Gasteiger partial charge in [0.05, 0.1) is 17.4 Å². The molecule has 4 rings (SSSR count). The molecule has 0 spiro atoms. The van der Waals surface area contributed by atoms with Gasteiger partial charge in [0.1, 0.15) is 17.5 Å². The van der Waals surface area contributed by atoms with E-state index in [-0.39, 0.29) is 5.56 Å². The highest BCUT2D eigenvalue weighted by Gasteiger charge is 2.19. The van der Waals surface area contributed by atoms with Crippen LogP contribution < -0.4 is 15.1 Å². The number of aryl methyl sites for hydroxylation is 1. The Morgan fingerprint density at radius 1 is 1.00 bits per heavy atom. The van der Waals surface area contributed by atoms with Crippen molar-refractivity contribution in [3.63, 3.8) is 0 Å². The standard InChI is InChI=1S/C22H22FN5O/c1-16-5-7-18(19(23)14-16)22(29)26-20-8-6-17(15-25-20)27-10-12-28(13-11-27)21-4-2-3-9-24-21/h2-9,14-15H,10-13H2,1H3,(H,25,26,29). The third-order valence-corrected chi connectivity index (χ3v) is 4.98. The fraction of sp³-hybridized carbons (Fsp3) is 0.227. The van der Waals surface area contributed by atoms with Crippen LogP contribution in [0.25, 0.3) is 0 Å². The van der Waals surface area contributed by atoms with E-state index >= 15 is 0 Å². The summed E-state index contributed by atoms with van der Waals surface area (Å²) in [5, 5.41) is 2.65. The van der Waals surface area contributed by atoms with Crippen molar-refractivity contribution in [1.29, 1.82) is 0 Å². The maximum absolute atomic E-state index is 14.0. The Bertz CT molecular complexity index is 986. The molecule has 7 heteroatoms. The average molecular weight is 391 g/mol. The van der Waals surface area contributed by atoms with Gasteiger partial charge in [-0.25, -0.2) is 14.4 Å². The molecule has 0 bridgehead atoms. The number of carbonyl (C=O) groups is 1. The molecular weight excluding hydrogens is 369 g/mol. The van der Waals surface area contributed by atoms with E-state index in [4.69, 9.17) is 0 Å². The van der Waals surface area contributed by atoms with Gasteiger partial charge >= 0.3 is 0 Å². The Morgan fingerprint density at radius 3 is 2.45 bits per heavy atom. The largest absolute Gasteiger partial charge is 0.367 e. The molecule has 148 valence electrons. The second-order valence-corrected chi connectivity index (χ2v) is 7.00. The molecule has 0 radical (unpaired) electrons. The Hall–Kier alpha value is -3.48. The predicted octanol–water partition coefficient (Wildman–Crippen LogP) is 3.50. The number of nitrogens with one attached hydrogen (secondary N) is 1. The van der Waals surface area contributed by atoms with E-state index in [0.29, 0.717) is 5.82 Å². The van der Waals surface area contributed by atoms with Gasteiger partial charge in [-0.1, -0.05) is 12.1 Å². The van der Waals surface area contributed by atoms with Gasteiger partial charge in [0.15, 0.2) is 0 Å². The number of piperazine rings is 1. The van der Waals surface area contributed by atoms with Crippen LogP contribution in [0, 0.1) is 12.7 Å². The lowest BCUT2D eigenvalue weighted by molar-refractivity contribution is 0.102. The fourth-order valence-corrected chi connectivity index (χ4v) is 3.37. The molecule has 1 saturated heterocycles. The van der Waals surface area contributed by atoms with Gasteiger partial charge in [0.25, 0.3) is 5.91 Å². The SMILES string of the molecule is Cc1ccc(C(=O)Nc2ccc(N3CCN(c4ccccn4)CC3)cn2)c(F)c1. The highest BCUT2D eigenvalue weighted by Crippen LogP contribution is 2.20. The molecule has 0 unspecified atom stereocenters. The zero-order chi connectivity index (χ0) is 20.2. The van der Waals surface area contributed by atoms with Crippen LogP contribution in [0.5, 0.6) is 0 Å². The third kappa shape index (κ3) is 4.34. The van der Waals surface area contributed by atoms with Gasteiger partial charge in [0, 0.05) is 32.4 Å². The summed E-state index contributed by atoms with van der Waals surface area (Å²) < 4.78 is 14.0. The molecule has 1 aliphatic heterocycles. The summed E-state index contributed by atoms with van der Waals surface area (Å²) in [6, 6.07) is 14.1. The molecule has 29 heavy (non-hydrogen) atoms. The number of aromatic nitrogens is 2. The lowest BCUT2D eigenvalue weighted by Gasteiger charge is -2.36. The minimum absolute atomic E-state index is 0.00659. The number of benzene rings is 1. The molecule has 1 N–H and O–H groups in total. The Labute approximate surface area is 169 Å². The lowest BCUT2D eigenvalue weighted by atomic mass is 10.1. The van der Waals surface area contributed by atoms with Gasteiger partial charge in [-0.3, -0.25) is 4.79 Å². The normalized spacial score (nSPS) is 14.0. The number of hydrogen-bond acceptors (Lipinski definition) is 5. The van der Waals surface area contributed by atoms with Crippen LogP contribution in [0.4, 0.5) is 21.7 Å². The Balaban J connectivity index is 1.36. The van der Waals surface area contributed by atoms with Crippen molar-refractivity contribution in [2.75, 3.05) is 41.3 Å². The van der Waals surface area contributed by atoms with Crippen LogP contribution in [0.15, 0.2) is 60.9 Å². The molecule has 6 nitrogen and oxygen atoms in total. The van der Waals surface area contributed by atoms with Crippen LogP contribution in [-0.2, 0) is 0 Å². The molecular formula is C22H22FN5O. The molecule has 3 heterocycles. The second-order valence-electron chi connectivity index (χ2n) is 7.00. The zero-order valence-corrected chi connectivity index (χ0v) is 16.2. The molecule has 1 aliphatic rings. The first-order chi connectivity index (χ1) is 14.1. The van der Waals surface area contributed by atoms with E-state index in [2.05, 4.69) is 25.1 Å². The van der Waals surface area contributed by atoms with E-state index < -0.39 is 11.7 Å². The van der Waals surface area contributed by atoms with E-state index in [1.54, 1.807) is 31.5 Å². The number of hydrogen-bond donors (Lipinski definition) is 1. The summed E-state index contributed by atoms with van der Waals surface area (Å²) in [6.07, 6.45) is 3.54. The quantitative estimate of drug-likeness (QED) is 0.738. The van der Waals surface area contributed by atoms with E-state index in [1.807, 2.05) is 24.3 Å². The molecule has 1 fully saturated rings. The van der Waals surface area contributed by atoms with Gasteiger partial charge in [0.2, 0.25) is 0 Å². The summed E-state index contributed by atoms with van der Waals surface area (Å²) in [5.74, 6) is 0.342. The molecule has 2 aromatic heterocycles. The highest BCUT2D eigenvalue weighted by atomic mass is 19.1. The molecule has 0 saturated carbocycles. The van der Waals surface area contributed by atoms with E-state index in [1.165, 1.54) is 12.1 Å². The lowest BCUT2D eigenvalue weighted by Crippen LogP contribution is -2.46. The average Bonchev–Trinajstić information content (AvgIpc) is 2.75. The first-order valence-electron chi connectivity index (χ1n) is 9.54. The number of nitrogens with zero attached hydrogens (tertiary/aromatic N) is 4. The highest BCUT2D eigenvalue weighted by molar-refractivity contribution is 6.04. The van der Waals surface area contributed by atoms with Crippen molar-refractivity contribution in [3.05, 3.63) is 77.9 Å². The van der Waals surface area contributed by atoms with Crippen LogP contribution in [0.3, 0.4) is 0 Å². The van der Waals surface area contributed by atoms with Crippen LogP contribution in [-0.4, -0.2) is 42.1 Å². The maximum Gasteiger partial charge on any atom is 0.259 e.